The third-order valence-electron chi connectivity index (χ3n) is 6.33. The molecule has 1 saturated heterocycles. The number of halogens is 4. The lowest BCUT2D eigenvalue weighted by atomic mass is 10.0. The summed E-state index contributed by atoms with van der Waals surface area (Å²) in [5.74, 6) is -1.63. The fourth-order valence-corrected chi connectivity index (χ4v) is 4.41. The van der Waals surface area contributed by atoms with Crippen molar-refractivity contribution in [3.05, 3.63) is 93.3 Å². The highest BCUT2D eigenvalue weighted by molar-refractivity contribution is 5.81. The second kappa shape index (κ2) is 8.70. The molecule has 10 heteroatoms. The molecule has 0 saturated carbocycles. The molecule has 0 amide bonds. The van der Waals surface area contributed by atoms with Gasteiger partial charge in [-0.05, 0) is 56.7 Å². The minimum Gasteiger partial charge on any atom is -0.359 e. The number of aromatic nitrogens is 3. The van der Waals surface area contributed by atoms with Crippen molar-refractivity contribution in [2.45, 2.75) is 33.0 Å². The topological polar surface area (TPSA) is 59.7 Å². The molecule has 1 aromatic carbocycles. The van der Waals surface area contributed by atoms with Gasteiger partial charge in [-0.25, -0.2) is 13.8 Å². The number of benzene rings is 1. The lowest BCUT2D eigenvalue weighted by Crippen LogP contribution is -2.48. The van der Waals surface area contributed by atoms with Crippen molar-refractivity contribution in [2.75, 3.05) is 18.0 Å². The molecule has 4 aromatic rings. The van der Waals surface area contributed by atoms with E-state index in [-0.39, 0.29) is 29.0 Å². The molecule has 4 heterocycles. The summed E-state index contributed by atoms with van der Waals surface area (Å²) in [5, 5.41) is 0. The van der Waals surface area contributed by atoms with E-state index in [2.05, 4.69) is 9.97 Å². The van der Waals surface area contributed by atoms with Crippen LogP contribution < -0.4 is 10.5 Å². The van der Waals surface area contributed by atoms with Gasteiger partial charge in [0.1, 0.15) is 29.9 Å². The minimum absolute atomic E-state index is 0.00719. The summed E-state index contributed by atoms with van der Waals surface area (Å²) in [6.45, 7) is 4.27. The van der Waals surface area contributed by atoms with Gasteiger partial charge in [0.15, 0.2) is 0 Å². The van der Waals surface area contributed by atoms with Gasteiger partial charge in [-0.15, -0.1) is 0 Å². The van der Waals surface area contributed by atoms with Gasteiger partial charge >= 0.3 is 6.11 Å². The Hall–Kier alpha value is -3.79. The number of ether oxygens (including phenoxy) is 1. The number of fused-ring (bicyclic) bond motifs is 1. The smallest absolute Gasteiger partial charge is 0.359 e. The Bertz CT molecular complexity index is 1550. The molecule has 3 aromatic heterocycles. The Kier molecular flexibility index (Phi) is 5.78. The van der Waals surface area contributed by atoms with Crippen molar-refractivity contribution in [2.24, 2.45) is 0 Å². The molecule has 1 fully saturated rings. The predicted octanol–water partition coefficient (Wildman–Crippen LogP) is 5.13. The molecular formula is C26H22F4N4O2. The summed E-state index contributed by atoms with van der Waals surface area (Å²) in [6.07, 6.45) is -1.54. The van der Waals surface area contributed by atoms with Gasteiger partial charge in [0.2, 0.25) is 0 Å². The van der Waals surface area contributed by atoms with Crippen LogP contribution in [0.4, 0.5) is 23.2 Å². The molecule has 1 unspecified atom stereocenters. The predicted molar refractivity (Wildman–Crippen MR) is 126 cm³/mol. The third kappa shape index (κ3) is 4.32. The van der Waals surface area contributed by atoms with Crippen LogP contribution in [0, 0.1) is 32.4 Å². The Labute approximate surface area is 203 Å². The number of morpholine rings is 1. The lowest BCUT2D eigenvalue weighted by molar-refractivity contribution is -0.269. The van der Waals surface area contributed by atoms with E-state index in [4.69, 9.17) is 4.74 Å². The lowest BCUT2D eigenvalue weighted by Gasteiger charge is -2.39. The fraction of sp³-hybridized carbons (Fsp3) is 0.269. The minimum atomic E-state index is -3.50. The molecule has 5 rings (SSSR count). The van der Waals surface area contributed by atoms with E-state index in [0.29, 0.717) is 22.5 Å². The van der Waals surface area contributed by atoms with Crippen LogP contribution in [0.15, 0.2) is 53.6 Å². The van der Waals surface area contributed by atoms with Crippen LogP contribution in [0.1, 0.15) is 28.6 Å². The molecule has 0 bridgehead atoms. The molecule has 0 aliphatic carbocycles. The first-order chi connectivity index (χ1) is 17.0. The Morgan fingerprint density at radius 3 is 2.56 bits per heavy atom. The van der Waals surface area contributed by atoms with E-state index in [0.717, 1.165) is 12.1 Å². The Balaban J connectivity index is 1.70. The molecule has 0 spiro atoms. The maximum Gasteiger partial charge on any atom is 0.373 e. The third-order valence-corrected chi connectivity index (χ3v) is 6.33. The number of aryl methyl sites for hydroxylation is 2. The molecule has 1 aliphatic heterocycles. The second-order valence-electron chi connectivity index (χ2n) is 8.91. The van der Waals surface area contributed by atoms with Crippen LogP contribution >= 0.6 is 0 Å². The van der Waals surface area contributed by atoms with Crippen LogP contribution in [0.5, 0.6) is 0 Å². The van der Waals surface area contributed by atoms with Crippen molar-refractivity contribution in [3.8, 4) is 11.1 Å². The molecular weight excluding hydrogens is 476 g/mol. The second-order valence-corrected chi connectivity index (χ2v) is 8.91. The number of rotatable bonds is 3. The summed E-state index contributed by atoms with van der Waals surface area (Å²) in [7, 11) is 0. The van der Waals surface area contributed by atoms with Gasteiger partial charge in [-0.2, -0.15) is 8.78 Å². The van der Waals surface area contributed by atoms with Crippen LogP contribution in [0.3, 0.4) is 0 Å². The monoisotopic (exact) mass is 498 g/mol. The average Bonchev–Trinajstić information content (AvgIpc) is 2.81. The van der Waals surface area contributed by atoms with Crippen LogP contribution in [-0.4, -0.2) is 33.6 Å². The van der Waals surface area contributed by atoms with Crippen molar-refractivity contribution in [1.82, 2.24) is 14.4 Å². The highest BCUT2D eigenvalue weighted by atomic mass is 19.3. The Morgan fingerprint density at radius 1 is 1.06 bits per heavy atom. The number of pyridine rings is 2. The zero-order chi connectivity index (χ0) is 25.8. The fourth-order valence-electron chi connectivity index (χ4n) is 4.41. The molecule has 0 N–H and O–H groups in total. The first-order valence-electron chi connectivity index (χ1n) is 11.2. The summed E-state index contributed by atoms with van der Waals surface area (Å²) < 4.78 is 64.3. The van der Waals surface area contributed by atoms with Crippen LogP contribution in [0.2, 0.25) is 0 Å². The number of alkyl halides is 2. The van der Waals surface area contributed by atoms with E-state index >= 15 is 0 Å². The highest BCUT2D eigenvalue weighted by Gasteiger charge is 2.42. The maximum absolute atomic E-state index is 14.8. The first-order valence-corrected chi connectivity index (χ1v) is 11.2. The van der Waals surface area contributed by atoms with Gasteiger partial charge in [-0.3, -0.25) is 14.2 Å². The van der Waals surface area contributed by atoms with E-state index in [1.54, 1.807) is 32.9 Å². The quantitative estimate of drug-likeness (QED) is 0.367. The summed E-state index contributed by atoms with van der Waals surface area (Å²) in [6, 6.07) is 7.82. The molecule has 1 aliphatic rings. The van der Waals surface area contributed by atoms with E-state index in [9.17, 15) is 22.4 Å². The van der Waals surface area contributed by atoms with Gasteiger partial charge in [0, 0.05) is 53.1 Å². The van der Waals surface area contributed by atoms with Gasteiger partial charge in [0.05, 0.1) is 5.69 Å². The zero-order valence-electron chi connectivity index (χ0n) is 19.7. The van der Waals surface area contributed by atoms with Crippen molar-refractivity contribution in [1.29, 1.82) is 0 Å². The maximum atomic E-state index is 14.8. The van der Waals surface area contributed by atoms with Gasteiger partial charge in [0.25, 0.3) is 5.56 Å². The zero-order valence-corrected chi connectivity index (χ0v) is 19.7. The number of hydrogen-bond acceptors (Lipinski definition) is 5. The van der Waals surface area contributed by atoms with Crippen LogP contribution in [0.25, 0.3) is 16.8 Å². The normalized spacial score (nSPS) is 17.5. The average molecular weight is 498 g/mol. The van der Waals surface area contributed by atoms with Crippen molar-refractivity contribution >= 4 is 11.3 Å². The molecule has 186 valence electrons. The van der Waals surface area contributed by atoms with E-state index in [1.807, 2.05) is 0 Å². The Morgan fingerprint density at radius 2 is 1.83 bits per heavy atom. The first kappa shape index (κ1) is 23.9. The largest absolute Gasteiger partial charge is 0.373 e. The SMILES string of the molecule is Cc1cc(C2CN(c3cc(-c4ccc(F)cc4F)c4nc(C)c(C)c(=O)n4c3)CC(F)(F)O2)ccn1. The standard InChI is InChI=1S/C26H22F4N4O2/c1-14-8-17(6-7-31-14)23-12-33(13-26(29,30)36-23)19-10-21(20-5-4-18(27)9-22(20)28)24-32-16(3)15(2)25(35)34(24)11-19/h4-11,23H,12-13H2,1-3H3. The molecule has 36 heavy (non-hydrogen) atoms. The van der Waals surface area contributed by atoms with Crippen molar-refractivity contribution in [3.63, 3.8) is 0 Å². The summed E-state index contributed by atoms with van der Waals surface area (Å²) in [5.41, 5.74) is 2.14. The number of hydrogen-bond donors (Lipinski definition) is 0. The summed E-state index contributed by atoms with van der Waals surface area (Å²) in [4.78, 5) is 23.1. The molecule has 1 atom stereocenters. The molecule has 0 radical (unpaired) electrons. The van der Waals surface area contributed by atoms with Crippen LogP contribution in [-0.2, 0) is 4.74 Å². The number of nitrogens with zero attached hydrogens (tertiary/aromatic N) is 4. The van der Waals surface area contributed by atoms with Crippen molar-refractivity contribution < 1.29 is 22.3 Å². The van der Waals surface area contributed by atoms with Gasteiger partial charge in [-0.1, -0.05) is 0 Å². The van der Waals surface area contributed by atoms with E-state index in [1.165, 1.54) is 33.8 Å². The van der Waals surface area contributed by atoms with E-state index < -0.39 is 36.0 Å². The summed E-state index contributed by atoms with van der Waals surface area (Å²) >= 11 is 0. The number of anilines is 1. The highest BCUT2D eigenvalue weighted by Crippen LogP contribution is 2.37. The van der Waals surface area contributed by atoms with Gasteiger partial charge < -0.3 is 9.64 Å². The molecule has 6 nitrogen and oxygen atoms in total.